The van der Waals surface area contributed by atoms with E-state index in [1.165, 1.54) is 4.90 Å². The van der Waals surface area contributed by atoms with Gasteiger partial charge in [-0.2, -0.15) is 0 Å². The topological polar surface area (TPSA) is 66.9 Å². The van der Waals surface area contributed by atoms with Crippen LogP contribution >= 0.6 is 0 Å². The van der Waals surface area contributed by atoms with Crippen molar-refractivity contribution < 1.29 is 19.1 Å². The molecule has 0 bridgehead atoms. The van der Waals surface area contributed by atoms with E-state index in [-0.39, 0.29) is 24.5 Å². The number of ether oxygens (including phenoxy) is 1. The van der Waals surface area contributed by atoms with Crippen LogP contribution in [0, 0.1) is 5.92 Å². The van der Waals surface area contributed by atoms with Gasteiger partial charge in [-0.05, 0) is 57.4 Å². The largest absolute Gasteiger partial charge is 0.464 e. The fraction of sp³-hybridized carbons (Fsp3) is 0.609. The molecule has 6 nitrogen and oxygen atoms in total. The van der Waals surface area contributed by atoms with Crippen LogP contribution in [0.3, 0.4) is 0 Å². The van der Waals surface area contributed by atoms with Gasteiger partial charge in [-0.15, -0.1) is 0 Å². The molecule has 1 aromatic carbocycles. The molecule has 6 heteroatoms. The van der Waals surface area contributed by atoms with Gasteiger partial charge in [-0.1, -0.05) is 36.8 Å². The minimum atomic E-state index is -0.732. The molecule has 5 atom stereocenters. The molecule has 5 unspecified atom stereocenters. The minimum Gasteiger partial charge on any atom is -0.464 e. The molecule has 0 N–H and O–H groups in total. The van der Waals surface area contributed by atoms with Gasteiger partial charge in [0.05, 0.1) is 6.61 Å². The Hall–Kier alpha value is -2.37. The van der Waals surface area contributed by atoms with Crippen molar-refractivity contribution in [3.8, 4) is 0 Å². The Morgan fingerprint density at radius 3 is 2.66 bits per heavy atom. The van der Waals surface area contributed by atoms with Crippen molar-refractivity contribution in [2.45, 2.75) is 76.5 Å². The van der Waals surface area contributed by atoms with Crippen LogP contribution in [0.1, 0.15) is 51.5 Å². The van der Waals surface area contributed by atoms with E-state index >= 15 is 0 Å². The highest BCUT2D eigenvalue weighted by Crippen LogP contribution is 2.44. The Bertz CT molecular complexity index is 780. The lowest BCUT2D eigenvalue weighted by Crippen LogP contribution is -2.66. The van der Waals surface area contributed by atoms with Crippen LogP contribution < -0.4 is 0 Å². The maximum absolute atomic E-state index is 13.5. The summed E-state index contributed by atoms with van der Waals surface area (Å²) in [5.41, 5.74) is 1.10. The van der Waals surface area contributed by atoms with Crippen molar-refractivity contribution >= 4 is 17.8 Å². The molecule has 4 rings (SSSR count). The third-order valence-electron chi connectivity index (χ3n) is 6.85. The lowest BCUT2D eigenvalue weighted by molar-refractivity contribution is -0.170. The number of amides is 2. The maximum atomic E-state index is 13.5. The highest BCUT2D eigenvalue weighted by Gasteiger charge is 2.56. The first kappa shape index (κ1) is 19.9. The van der Waals surface area contributed by atoms with E-state index in [1.807, 2.05) is 35.2 Å². The van der Waals surface area contributed by atoms with Crippen LogP contribution in [0.15, 0.2) is 30.3 Å². The molecule has 156 valence electrons. The fourth-order valence-corrected chi connectivity index (χ4v) is 5.50. The van der Waals surface area contributed by atoms with Crippen LogP contribution in [0.4, 0.5) is 0 Å². The monoisotopic (exact) mass is 398 g/mol. The summed E-state index contributed by atoms with van der Waals surface area (Å²) in [6.07, 6.45) is 5.03. The number of aryl methyl sites for hydroxylation is 1. The zero-order valence-corrected chi connectivity index (χ0v) is 17.3. The Morgan fingerprint density at radius 1 is 1.17 bits per heavy atom. The Kier molecular flexibility index (Phi) is 5.61. The number of hydrogen-bond donors (Lipinski definition) is 0. The summed E-state index contributed by atoms with van der Waals surface area (Å²) in [6.45, 7) is 3.77. The Balaban J connectivity index is 1.58. The molecule has 3 aliphatic rings. The number of hydrogen-bond acceptors (Lipinski definition) is 4. The predicted octanol–water partition coefficient (Wildman–Crippen LogP) is 2.55. The Labute approximate surface area is 172 Å². The fourth-order valence-electron chi connectivity index (χ4n) is 5.50. The van der Waals surface area contributed by atoms with Crippen LogP contribution in [0.25, 0.3) is 0 Å². The summed E-state index contributed by atoms with van der Waals surface area (Å²) >= 11 is 0. The van der Waals surface area contributed by atoms with Gasteiger partial charge in [0.1, 0.15) is 18.1 Å². The van der Waals surface area contributed by atoms with E-state index in [4.69, 9.17) is 4.74 Å². The standard InChI is InChI=1S/C23H30N2O4/c1-3-29-23(28)19(13-12-16-8-5-4-6-9-16)24-15(2)21(26)25-18-11-7-10-17(18)14-20(25)22(24)27/h4-6,8-9,15,17-20H,3,7,10-14H2,1-2H3. The quantitative estimate of drug-likeness (QED) is 0.691. The molecule has 1 aliphatic carbocycles. The van der Waals surface area contributed by atoms with Gasteiger partial charge in [0.2, 0.25) is 11.8 Å². The van der Waals surface area contributed by atoms with Gasteiger partial charge in [0, 0.05) is 6.04 Å². The average Bonchev–Trinajstić information content (AvgIpc) is 3.31. The number of benzene rings is 1. The lowest BCUT2D eigenvalue weighted by atomic mass is 9.97. The number of rotatable bonds is 6. The number of carbonyl (C=O) groups excluding carboxylic acids is 3. The highest BCUT2D eigenvalue weighted by molar-refractivity contribution is 5.99. The van der Waals surface area contributed by atoms with Crippen LogP contribution in [-0.2, 0) is 25.5 Å². The third kappa shape index (κ3) is 3.53. The van der Waals surface area contributed by atoms with Crippen molar-refractivity contribution in [3.63, 3.8) is 0 Å². The molecule has 2 aliphatic heterocycles. The Morgan fingerprint density at radius 2 is 1.93 bits per heavy atom. The molecule has 3 fully saturated rings. The van der Waals surface area contributed by atoms with Crippen molar-refractivity contribution in [3.05, 3.63) is 35.9 Å². The maximum Gasteiger partial charge on any atom is 0.328 e. The smallest absolute Gasteiger partial charge is 0.328 e. The molecule has 1 saturated carbocycles. The first-order chi connectivity index (χ1) is 14.0. The summed E-state index contributed by atoms with van der Waals surface area (Å²) in [5.74, 6) is -0.0934. The number of fused-ring (bicyclic) bond motifs is 3. The van der Waals surface area contributed by atoms with Crippen molar-refractivity contribution in [1.29, 1.82) is 0 Å². The van der Waals surface area contributed by atoms with Gasteiger partial charge in [-0.3, -0.25) is 9.59 Å². The predicted molar refractivity (Wildman–Crippen MR) is 108 cm³/mol. The summed E-state index contributed by atoms with van der Waals surface area (Å²) in [5, 5.41) is 0. The summed E-state index contributed by atoms with van der Waals surface area (Å²) in [7, 11) is 0. The molecule has 29 heavy (non-hydrogen) atoms. The zero-order chi connectivity index (χ0) is 20.5. The molecule has 1 aromatic rings. The number of carbonyl (C=O) groups is 3. The molecule has 0 spiro atoms. The van der Waals surface area contributed by atoms with Gasteiger partial charge in [-0.25, -0.2) is 4.79 Å². The van der Waals surface area contributed by atoms with Crippen LogP contribution in [0.2, 0.25) is 0 Å². The van der Waals surface area contributed by atoms with E-state index in [0.29, 0.717) is 18.8 Å². The highest BCUT2D eigenvalue weighted by atomic mass is 16.5. The first-order valence-electron chi connectivity index (χ1n) is 10.9. The van der Waals surface area contributed by atoms with Gasteiger partial charge >= 0.3 is 5.97 Å². The minimum absolute atomic E-state index is 0.0157. The van der Waals surface area contributed by atoms with Crippen molar-refractivity contribution in [1.82, 2.24) is 9.80 Å². The van der Waals surface area contributed by atoms with Crippen LogP contribution in [-0.4, -0.2) is 58.4 Å². The molecule has 0 aromatic heterocycles. The number of esters is 1. The van der Waals surface area contributed by atoms with Crippen molar-refractivity contribution in [2.24, 2.45) is 5.92 Å². The molecule has 2 heterocycles. The second kappa shape index (κ2) is 8.17. The summed E-state index contributed by atoms with van der Waals surface area (Å²) in [4.78, 5) is 42.9. The van der Waals surface area contributed by atoms with E-state index < -0.39 is 24.1 Å². The first-order valence-corrected chi connectivity index (χ1v) is 10.9. The van der Waals surface area contributed by atoms with Gasteiger partial charge in [0.15, 0.2) is 0 Å². The van der Waals surface area contributed by atoms with Gasteiger partial charge in [0.25, 0.3) is 0 Å². The van der Waals surface area contributed by atoms with Crippen LogP contribution in [0.5, 0.6) is 0 Å². The second-order valence-electron chi connectivity index (χ2n) is 8.47. The molecule has 0 radical (unpaired) electrons. The van der Waals surface area contributed by atoms with Gasteiger partial charge < -0.3 is 14.5 Å². The van der Waals surface area contributed by atoms with Crippen molar-refractivity contribution in [2.75, 3.05) is 6.61 Å². The second-order valence-corrected chi connectivity index (χ2v) is 8.47. The molecular weight excluding hydrogens is 368 g/mol. The lowest BCUT2D eigenvalue weighted by Gasteiger charge is -2.45. The van der Waals surface area contributed by atoms with E-state index in [1.54, 1.807) is 13.8 Å². The molecule has 2 saturated heterocycles. The normalized spacial score (nSPS) is 29.6. The molecule has 2 amide bonds. The van der Waals surface area contributed by atoms with E-state index in [0.717, 1.165) is 31.2 Å². The third-order valence-corrected chi connectivity index (χ3v) is 6.85. The number of nitrogens with zero attached hydrogens (tertiary/aromatic N) is 2. The van der Waals surface area contributed by atoms with E-state index in [2.05, 4.69) is 0 Å². The number of piperazine rings is 1. The zero-order valence-electron chi connectivity index (χ0n) is 17.3. The summed E-state index contributed by atoms with van der Waals surface area (Å²) in [6, 6.07) is 8.31. The van der Waals surface area contributed by atoms with E-state index in [9.17, 15) is 14.4 Å². The molecular formula is C23H30N2O4. The average molecular weight is 399 g/mol. The summed E-state index contributed by atoms with van der Waals surface area (Å²) < 4.78 is 5.31. The SMILES string of the molecule is CCOC(=O)C(CCc1ccccc1)N1C(=O)C2CC3CCCC3N2C(=O)C1C.